The number of hydrogen-bond acceptors (Lipinski definition) is 4. The van der Waals surface area contributed by atoms with Crippen molar-refractivity contribution in [1.29, 1.82) is 0 Å². The highest BCUT2D eigenvalue weighted by atomic mass is 32.2. The van der Waals surface area contributed by atoms with Crippen LogP contribution in [0, 0.1) is 13.8 Å². The largest absolute Gasteiger partial charge is 0.350 e. The summed E-state index contributed by atoms with van der Waals surface area (Å²) in [4.78, 5) is 29.3. The van der Waals surface area contributed by atoms with E-state index in [2.05, 4.69) is 5.32 Å². The SMILES string of the molecule is Cc1cc(C)cc(N(CC(=O)N(Cc2ccccc2)C(Cc2ccccc2)C(=O)NC(C)(C)C)S(C)(=O)=O)c1. The van der Waals surface area contributed by atoms with Crippen LogP contribution in [0.25, 0.3) is 0 Å². The van der Waals surface area contributed by atoms with Crippen LogP contribution in [0.4, 0.5) is 5.69 Å². The van der Waals surface area contributed by atoms with Gasteiger partial charge in [0, 0.05) is 18.5 Å². The lowest BCUT2D eigenvalue weighted by molar-refractivity contribution is -0.140. The number of anilines is 1. The molecule has 3 aromatic carbocycles. The van der Waals surface area contributed by atoms with E-state index in [0.29, 0.717) is 5.69 Å². The highest BCUT2D eigenvalue weighted by Gasteiger charge is 2.34. The van der Waals surface area contributed by atoms with Crippen LogP contribution in [0.5, 0.6) is 0 Å². The standard InChI is InChI=1S/C31H39N3O4S/c1-23-17-24(2)19-27(18-23)34(39(6,37)38)22-29(35)33(21-26-15-11-8-12-16-26)28(30(36)32-31(3,4)5)20-25-13-9-7-10-14-25/h7-19,28H,20-22H2,1-6H3,(H,32,36). The second-order valence-corrected chi connectivity index (χ2v) is 13.0. The predicted molar refractivity (Wildman–Crippen MR) is 157 cm³/mol. The van der Waals surface area contributed by atoms with E-state index < -0.39 is 34.1 Å². The first-order chi connectivity index (χ1) is 18.2. The number of amides is 2. The summed E-state index contributed by atoms with van der Waals surface area (Å²) >= 11 is 0. The number of benzene rings is 3. The summed E-state index contributed by atoms with van der Waals surface area (Å²) in [6.45, 7) is 9.15. The van der Waals surface area contributed by atoms with Gasteiger partial charge in [0.05, 0.1) is 11.9 Å². The minimum absolute atomic E-state index is 0.152. The molecule has 0 aromatic heterocycles. The monoisotopic (exact) mass is 549 g/mol. The molecule has 3 rings (SSSR count). The van der Waals surface area contributed by atoms with Gasteiger partial charge in [0.15, 0.2) is 0 Å². The Kier molecular flexibility index (Phi) is 9.56. The van der Waals surface area contributed by atoms with Crippen molar-refractivity contribution < 1.29 is 18.0 Å². The molecule has 39 heavy (non-hydrogen) atoms. The van der Waals surface area contributed by atoms with Crippen LogP contribution in [-0.2, 0) is 32.6 Å². The van der Waals surface area contributed by atoms with Gasteiger partial charge in [-0.2, -0.15) is 0 Å². The van der Waals surface area contributed by atoms with Gasteiger partial charge in [0.2, 0.25) is 21.8 Å². The third-order valence-corrected chi connectivity index (χ3v) is 7.28. The number of nitrogens with zero attached hydrogens (tertiary/aromatic N) is 2. The van der Waals surface area contributed by atoms with E-state index in [4.69, 9.17) is 0 Å². The Labute approximate surface area is 232 Å². The number of rotatable bonds is 10. The van der Waals surface area contributed by atoms with E-state index in [-0.39, 0.29) is 18.9 Å². The first-order valence-electron chi connectivity index (χ1n) is 13.0. The van der Waals surface area contributed by atoms with E-state index in [0.717, 1.165) is 32.8 Å². The topological polar surface area (TPSA) is 86.8 Å². The third-order valence-electron chi connectivity index (χ3n) is 6.14. The highest BCUT2D eigenvalue weighted by Crippen LogP contribution is 2.23. The maximum atomic E-state index is 14.1. The van der Waals surface area contributed by atoms with E-state index in [1.807, 2.05) is 101 Å². The molecular formula is C31H39N3O4S. The first-order valence-corrected chi connectivity index (χ1v) is 14.8. The first kappa shape index (κ1) is 29.9. The molecular weight excluding hydrogens is 510 g/mol. The molecule has 1 atom stereocenters. The lowest BCUT2D eigenvalue weighted by atomic mass is 10.0. The average molecular weight is 550 g/mol. The summed E-state index contributed by atoms with van der Waals surface area (Å²) < 4.78 is 27.0. The fraction of sp³-hybridized carbons (Fsp3) is 0.355. The van der Waals surface area contributed by atoms with Crippen LogP contribution in [0.1, 0.15) is 43.0 Å². The summed E-state index contributed by atoms with van der Waals surface area (Å²) in [6, 6.07) is 23.5. The van der Waals surface area contributed by atoms with Gasteiger partial charge < -0.3 is 10.2 Å². The van der Waals surface area contributed by atoms with Gasteiger partial charge in [-0.05, 0) is 69.0 Å². The van der Waals surface area contributed by atoms with Crippen molar-refractivity contribution >= 4 is 27.5 Å². The Balaban J connectivity index is 2.07. The molecule has 0 saturated heterocycles. The molecule has 0 bridgehead atoms. The molecule has 0 saturated carbocycles. The molecule has 8 heteroatoms. The molecule has 0 heterocycles. The minimum Gasteiger partial charge on any atom is -0.350 e. The fourth-order valence-electron chi connectivity index (χ4n) is 4.50. The number of hydrogen-bond donors (Lipinski definition) is 1. The fourth-order valence-corrected chi connectivity index (χ4v) is 5.33. The van der Waals surface area contributed by atoms with Crippen molar-refractivity contribution in [2.75, 3.05) is 17.1 Å². The lowest BCUT2D eigenvalue weighted by Crippen LogP contribution is -2.56. The van der Waals surface area contributed by atoms with Gasteiger partial charge in [-0.15, -0.1) is 0 Å². The molecule has 0 spiro atoms. The summed E-state index contributed by atoms with van der Waals surface area (Å²) in [5.74, 6) is -0.763. The van der Waals surface area contributed by atoms with Crippen LogP contribution in [-0.4, -0.2) is 49.5 Å². The third kappa shape index (κ3) is 8.96. The zero-order chi connectivity index (χ0) is 28.8. The lowest BCUT2D eigenvalue weighted by Gasteiger charge is -2.35. The van der Waals surface area contributed by atoms with Crippen LogP contribution < -0.4 is 9.62 Å². The van der Waals surface area contributed by atoms with Gasteiger partial charge in [-0.25, -0.2) is 8.42 Å². The summed E-state index contributed by atoms with van der Waals surface area (Å²) in [5, 5.41) is 3.03. The number of nitrogens with one attached hydrogen (secondary N) is 1. The minimum atomic E-state index is -3.80. The van der Waals surface area contributed by atoms with Crippen LogP contribution in [0.15, 0.2) is 78.9 Å². The van der Waals surface area contributed by atoms with Crippen molar-refractivity contribution in [2.24, 2.45) is 0 Å². The second-order valence-electron chi connectivity index (χ2n) is 11.1. The average Bonchev–Trinajstić information content (AvgIpc) is 2.83. The van der Waals surface area contributed by atoms with Crippen LogP contribution in [0.2, 0.25) is 0 Å². The quantitative estimate of drug-likeness (QED) is 0.400. The molecule has 7 nitrogen and oxygen atoms in total. The van der Waals surface area contributed by atoms with E-state index in [9.17, 15) is 18.0 Å². The molecule has 1 unspecified atom stereocenters. The molecule has 1 N–H and O–H groups in total. The van der Waals surface area contributed by atoms with Crippen molar-refractivity contribution in [2.45, 2.75) is 59.2 Å². The molecule has 3 aromatic rings. The van der Waals surface area contributed by atoms with Gasteiger partial charge in [-0.1, -0.05) is 66.7 Å². The van der Waals surface area contributed by atoms with Gasteiger partial charge in [0.1, 0.15) is 12.6 Å². The van der Waals surface area contributed by atoms with Crippen molar-refractivity contribution in [3.05, 3.63) is 101 Å². The Morgan fingerprint density at radius 3 is 1.85 bits per heavy atom. The summed E-state index contributed by atoms with van der Waals surface area (Å²) in [5.41, 5.74) is 3.40. The summed E-state index contributed by atoms with van der Waals surface area (Å²) in [6.07, 6.45) is 1.37. The molecule has 208 valence electrons. The van der Waals surface area contributed by atoms with E-state index >= 15 is 0 Å². The maximum absolute atomic E-state index is 14.1. The number of sulfonamides is 1. The van der Waals surface area contributed by atoms with E-state index in [1.54, 1.807) is 12.1 Å². The van der Waals surface area contributed by atoms with Gasteiger partial charge in [-0.3, -0.25) is 13.9 Å². The Morgan fingerprint density at radius 1 is 0.846 bits per heavy atom. The van der Waals surface area contributed by atoms with Crippen LogP contribution in [0.3, 0.4) is 0 Å². The molecule has 2 amide bonds. The Hall–Kier alpha value is -3.65. The Morgan fingerprint density at radius 2 is 1.36 bits per heavy atom. The number of carbonyl (C=O) groups excluding carboxylic acids is 2. The maximum Gasteiger partial charge on any atom is 0.244 e. The summed E-state index contributed by atoms with van der Waals surface area (Å²) in [7, 11) is -3.80. The van der Waals surface area contributed by atoms with E-state index in [1.165, 1.54) is 4.90 Å². The van der Waals surface area contributed by atoms with Crippen LogP contribution >= 0.6 is 0 Å². The normalized spacial score (nSPS) is 12.5. The predicted octanol–water partition coefficient (Wildman–Crippen LogP) is 4.62. The molecule has 0 fully saturated rings. The molecule has 0 radical (unpaired) electrons. The van der Waals surface area contributed by atoms with Crippen molar-refractivity contribution in [1.82, 2.24) is 10.2 Å². The molecule has 0 aliphatic carbocycles. The van der Waals surface area contributed by atoms with Gasteiger partial charge >= 0.3 is 0 Å². The van der Waals surface area contributed by atoms with Crippen molar-refractivity contribution in [3.8, 4) is 0 Å². The second kappa shape index (κ2) is 12.5. The zero-order valence-corrected chi connectivity index (χ0v) is 24.5. The highest BCUT2D eigenvalue weighted by molar-refractivity contribution is 7.92. The molecule has 0 aliphatic heterocycles. The van der Waals surface area contributed by atoms with Gasteiger partial charge in [0.25, 0.3) is 0 Å². The molecule has 0 aliphatic rings. The zero-order valence-electron chi connectivity index (χ0n) is 23.6. The number of carbonyl (C=O) groups is 2. The van der Waals surface area contributed by atoms with Crippen molar-refractivity contribution in [3.63, 3.8) is 0 Å². The smallest absolute Gasteiger partial charge is 0.244 e. The Bertz CT molecular complexity index is 1360. The number of aryl methyl sites for hydroxylation is 2.